The van der Waals surface area contributed by atoms with Crippen molar-refractivity contribution in [1.29, 1.82) is 0 Å². The first kappa shape index (κ1) is 17.6. The number of amides is 1. The minimum absolute atomic E-state index is 0.190. The Morgan fingerprint density at radius 2 is 2.22 bits per heavy atom. The maximum absolute atomic E-state index is 12.2. The predicted octanol–water partition coefficient (Wildman–Crippen LogP) is 3.47. The molecule has 0 spiro atoms. The van der Waals surface area contributed by atoms with Gasteiger partial charge < -0.3 is 14.5 Å². The van der Waals surface area contributed by atoms with Crippen LogP contribution in [-0.2, 0) is 4.74 Å². The summed E-state index contributed by atoms with van der Waals surface area (Å²) in [5.41, 5.74) is 1.76. The Morgan fingerprint density at radius 1 is 1.48 bits per heavy atom. The Balaban J connectivity index is 1.92. The molecule has 1 aliphatic heterocycles. The van der Waals surface area contributed by atoms with E-state index in [9.17, 15) is 4.79 Å². The molecule has 2 rings (SSSR count). The number of carbonyl (C=O) groups excluding carboxylic acids is 1. The molecule has 2 heterocycles. The number of piperidine rings is 1. The normalized spacial score (nSPS) is 18.7. The van der Waals surface area contributed by atoms with Crippen molar-refractivity contribution in [2.75, 3.05) is 31.6 Å². The van der Waals surface area contributed by atoms with Crippen LogP contribution in [0.3, 0.4) is 0 Å². The van der Waals surface area contributed by atoms with E-state index in [2.05, 4.69) is 23.0 Å². The second-order valence-corrected chi connectivity index (χ2v) is 7.47. The fourth-order valence-corrected chi connectivity index (χ4v) is 2.97. The Labute approximate surface area is 139 Å². The summed E-state index contributed by atoms with van der Waals surface area (Å²) in [7, 11) is 2.10. The van der Waals surface area contributed by atoms with Crippen molar-refractivity contribution >= 4 is 11.8 Å². The molecular weight excluding hydrogens is 290 g/mol. The molecule has 1 saturated heterocycles. The number of hydrogen-bond donors (Lipinski definition) is 0. The standard InChI is InChI=1S/C18H29N3O2/c1-14-11-16(8-9-19-14)20(5)12-15-7-6-10-21(13-15)17(22)23-18(2,3)4/h8-9,11,15H,6-7,10,12-13H2,1-5H3. The third-order valence-electron chi connectivity index (χ3n) is 4.02. The number of ether oxygens (including phenoxy) is 1. The van der Waals surface area contributed by atoms with Gasteiger partial charge in [-0.15, -0.1) is 0 Å². The molecule has 5 heteroatoms. The second kappa shape index (κ2) is 7.20. The molecule has 1 fully saturated rings. The molecule has 0 aliphatic carbocycles. The summed E-state index contributed by atoms with van der Waals surface area (Å²) in [5.74, 6) is 0.467. The smallest absolute Gasteiger partial charge is 0.410 e. The topological polar surface area (TPSA) is 45.7 Å². The van der Waals surface area contributed by atoms with Crippen LogP contribution in [0.2, 0.25) is 0 Å². The maximum Gasteiger partial charge on any atom is 0.410 e. The highest BCUT2D eigenvalue weighted by molar-refractivity contribution is 5.68. The number of aryl methyl sites for hydroxylation is 1. The molecule has 128 valence electrons. The third kappa shape index (κ3) is 5.41. The van der Waals surface area contributed by atoms with Crippen molar-refractivity contribution in [3.05, 3.63) is 24.0 Å². The van der Waals surface area contributed by atoms with Gasteiger partial charge >= 0.3 is 6.09 Å². The summed E-state index contributed by atoms with van der Waals surface area (Å²) >= 11 is 0. The molecule has 0 aromatic carbocycles. The van der Waals surface area contributed by atoms with Crippen molar-refractivity contribution in [2.24, 2.45) is 5.92 Å². The minimum Gasteiger partial charge on any atom is -0.444 e. The lowest BCUT2D eigenvalue weighted by atomic mass is 9.97. The van der Waals surface area contributed by atoms with E-state index in [0.717, 1.165) is 38.2 Å². The molecule has 23 heavy (non-hydrogen) atoms. The molecule has 0 saturated carbocycles. The highest BCUT2D eigenvalue weighted by Crippen LogP contribution is 2.22. The number of pyridine rings is 1. The van der Waals surface area contributed by atoms with E-state index in [1.165, 1.54) is 5.69 Å². The summed E-state index contributed by atoms with van der Waals surface area (Å²) in [6, 6.07) is 4.12. The number of nitrogens with zero attached hydrogens (tertiary/aromatic N) is 3. The molecule has 1 atom stereocenters. The predicted molar refractivity (Wildman–Crippen MR) is 92.8 cm³/mol. The maximum atomic E-state index is 12.2. The molecular formula is C18H29N3O2. The van der Waals surface area contributed by atoms with Gasteiger partial charge in [-0.05, 0) is 58.6 Å². The molecule has 0 bridgehead atoms. The summed E-state index contributed by atoms with van der Waals surface area (Å²) in [4.78, 5) is 20.6. The lowest BCUT2D eigenvalue weighted by molar-refractivity contribution is 0.0170. The van der Waals surface area contributed by atoms with Crippen molar-refractivity contribution < 1.29 is 9.53 Å². The zero-order valence-corrected chi connectivity index (χ0v) is 15.0. The monoisotopic (exact) mass is 319 g/mol. The van der Waals surface area contributed by atoms with E-state index in [4.69, 9.17) is 4.74 Å². The van der Waals surface area contributed by atoms with Gasteiger partial charge in [0.1, 0.15) is 5.60 Å². The average molecular weight is 319 g/mol. The van der Waals surface area contributed by atoms with Gasteiger partial charge in [-0.3, -0.25) is 4.98 Å². The summed E-state index contributed by atoms with van der Waals surface area (Å²) in [6.45, 7) is 10.2. The van der Waals surface area contributed by atoms with Crippen LogP contribution in [-0.4, -0.2) is 48.3 Å². The SMILES string of the molecule is Cc1cc(N(C)CC2CCCN(C(=O)OC(C)(C)C)C2)ccn1. The van der Waals surface area contributed by atoms with Crippen molar-refractivity contribution in [1.82, 2.24) is 9.88 Å². The first-order valence-corrected chi connectivity index (χ1v) is 8.36. The highest BCUT2D eigenvalue weighted by atomic mass is 16.6. The number of anilines is 1. The first-order chi connectivity index (χ1) is 10.7. The van der Waals surface area contributed by atoms with Crippen molar-refractivity contribution in [3.8, 4) is 0 Å². The van der Waals surface area contributed by atoms with E-state index in [0.29, 0.717) is 5.92 Å². The number of aromatic nitrogens is 1. The second-order valence-electron chi connectivity index (χ2n) is 7.47. The van der Waals surface area contributed by atoms with Gasteiger partial charge in [-0.1, -0.05) is 0 Å². The summed E-state index contributed by atoms with van der Waals surface area (Å²) < 4.78 is 5.50. The summed E-state index contributed by atoms with van der Waals surface area (Å²) in [6.07, 6.45) is 3.83. The van der Waals surface area contributed by atoms with Gasteiger partial charge in [0.25, 0.3) is 0 Å². The van der Waals surface area contributed by atoms with Crippen LogP contribution >= 0.6 is 0 Å². The van der Waals surface area contributed by atoms with Gasteiger partial charge in [0.2, 0.25) is 0 Å². The van der Waals surface area contributed by atoms with E-state index in [1.54, 1.807) is 0 Å². The Kier molecular flexibility index (Phi) is 5.50. The molecule has 1 aromatic heterocycles. The Hall–Kier alpha value is -1.78. The van der Waals surface area contributed by atoms with Crippen LogP contribution in [0.1, 0.15) is 39.3 Å². The quantitative estimate of drug-likeness (QED) is 0.856. The Morgan fingerprint density at radius 3 is 2.87 bits per heavy atom. The average Bonchev–Trinajstić information content (AvgIpc) is 2.45. The molecule has 1 aromatic rings. The lowest BCUT2D eigenvalue weighted by Gasteiger charge is -2.36. The number of carbonyl (C=O) groups is 1. The van der Waals surface area contributed by atoms with Crippen LogP contribution in [0, 0.1) is 12.8 Å². The van der Waals surface area contributed by atoms with Crippen molar-refractivity contribution in [2.45, 2.75) is 46.1 Å². The summed E-state index contributed by atoms with van der Waals surface area (Å²) in [5, 5.41) is 0. The van der Waals surface area contributed by atoms with Crippen molar-refractivity contribution in [3.63, 3.8) is 0 Å². The van der Waals surface area contributed by atoms with Crippen LogP contribution in [0.15, 0.2) is 18.3 Å². The first-order valence-electron chi connectivity index (χ1n) is 8.36. The highest BCUT2D eigenvalue weighted by Gasteiger charge is 2.28. The van der Waals surface area contributed by atoms with Crippen LogP contribution < -0.4 is 4.90 Å². The number of hydrogen-bond acceptors (Lipinski definition) is 4. The number of likely N-dealkylation sites (tertiary alicyclic amines) is 1. The lowest BCUT2D eigenvalue weighted by Crippen LogP contribution is -2.45. The van der Waals surface area contributed by atoms with E-state index >= 15 is 0 Å². The van der Waals surface area contributed by atoms with Gasteiger partial charge in [0, 0.05) is 44.3 Å². The zero-order chi connectivity index (χ0) is 17.0. The molecule has 1 amide bonds. The minimum atomic E-state index is -0.435. The Bertz CT molecular complexity index is 539. The molecule has 0 radical (unpaired) electrons. The third-order valence-corrected chi connectivity index (χ3v) is 4.02. The van der Waals surface area contributed by atoms with Crippen LogP contribution in [0.25, 0.3) is 0 Å². The van der Waals surface area contributed by atoms with Gasteiger partial charge in [-0.25, -0.2) is 4.79 Å². The zero-order valence-electron chi connectivity index (χ0n) is 15.0. The molecule has 1 aliphatic rings. The largest absolute Gasteiger partial charge is 0.444 e. The van der Waals surface area contributed by atoms with E-state index in [-0.39, 0.29) is 6.09 Å². The van der Waals surface area contributed by atoms with Gasteiger partial charge in [0.15, 0.2) is 0 Å². The van der Waals surface area contributed by atoms with Gasteiger partial charge in [-0.2, -0.15) is 0 Å². The van der Waals surface area contributed by atoms with Crippen LogP contribution in [0.4, 0.5) is 10.5 Å². The fourth-order valence-electron chi connectivity index (χ4n) is 2.97. The van der Waals surface area contributed by atoms with E-state index in [1.807, 2.05) is 44.9 Å². The fraction of sp³-hybridized carbons (Fsp3) is 0.667. The molecule has 5 nitrogen and oxygen atoms in total. The van der Waals surface area contributed by atoms with E-state index < -0.39 is 5.60 Å². The van der Waals surface area contributed by atoms with Crippen LogP contribution in [0.5, 0.6) is 0 Å². The molecule has 0 N–H and O–H groups in total. The number of rotatable bonds is 3. The van der Waals surface area contributed by atoms with Gasteiger partial charge in [0.05, 0.1) is 0 Å². The molecule has 1 unspecified atom stereocenters.